The van der Waals surface area contributed by atoms with Crippen LogP contribution in [0.4, 0.5) is 5.69 Å². The van der Waals surface area contributed by atoms with Crippen LogP contribution in [-0.4, -0.2) is 43.5 Å². The fraction of sp³-hybridized carbons (Fsp3) is 0.417. The lowest BCUT2D eigenvalue weighted by Gasteiger charge is -2.45. The van der Waals surface area contributed by atoms with Crippen molar-refractivity contribution in [2.24, 2.45) is 11.8 Å². The number of carbonyl (C=O) groups is 1. The van der Waals surface area contributed by atoms with Crippen LogP contribution in [0.2, 0.25) is 5.02 Å². The van der Waals surface area contributed by atoms with Gasteiger partial charge in [-0.15, -0.1) is 6.58 Å². The highest BCUT2D eigenvalue weighted by molar-refractivity contribution is 6.30. The zero-order valence-corrected chi connectivity index (χ0v) is 25.1. The number of fused-ring (bicyclic) bond motifs is 3. The van der Waals surface area contributed by atoms with Gasteiger partial charge < -0.3 is 19.5 Å². The largest absolute Gasteiger partial charge is 0.490 e. The third-order valence-electron chi connectivity index (χ3n) is 9.72. The summed E-state index contributed by atoms with van der Waals surface area (Å²) in [4.78, 5) is 15.7. The van der Waals surface area contributed by atoms with Crippen LogP contribution in [0.25, 0.3) is 0 Å². The normalized spacial score (nSPS) is 24.3. The van der Waals surface area contributed by atoms with Crippen molar-refractivity contribution < 1.29 is 19.4 Å². The second kappa shape index (κ2) is 12.1. The first-order chi connectivity index (χ1) is 20.4. The van der Waals surface area contributed by atoms with E-state index in [-0.39, 0.29) is 23.2 Å². The van der Waals surface area contributed by atoms with Gasteiger partial charge in [0.25, 0.3) is 0 Å². The molecule has 5 nitrogen and oxygen atoms in total. The van der Waals surface area contributed by atoms with E-state index >= 15 is 0 Å². The molecule has 2 aliphatic carbocycles. The topological polar surface area (TPSA) is 59.0 Å². The fourth-order valence-electron chi connectivity index (χ4n) is 7.13. The van der Waals surface area contributed by atoms with E-state index in [1.165, 1.54) is 11.1 Å². The smallest absolute Gasteiger partial charge is 0.338 e. The maximum absolute atomic E-state index is 13.3. The third-order valence-corrected chi connectivity index (χ3v) is 9.95. The average Bonchev–Trinajstić information content (AvgIpc) is 3.15. The van der Waals surface area contributed by atoms with Gasteiger partial charge in [0.15, 0.2) is 0 Å². The molecule has 6 rings (SSSR count). The molecular formula is C36H40ClNO4. The number of halogens is 1. The second-order valence-electron chi connectivity index (χ2n) is 12.4. The number of aliphatic hydroxyl groups excluding tert-OH is 1. The Hall–Kier alpha value is -3.28. The molecule has 3 aromatic rings. The lowest BCUT2D eigenvalue weighted by molar-refractivity contribution is 0.0460. The first-order valence-electron chi connectivity index (χ1n) is 15.2. The van der Waals surface area contributed by atoms with Crippen LogP contribution >= 0.6 is 11.6 Å². The summed E-state index contributed by atoms with van der Waals surface area (Å²) in [6.07, 6.45) is 6.29. The first kappa shape index (κ1) is 28.8. The molecule has 1 heterocycles. The molecule has 3 aromatic carbocycles. The SMILES string of the molecule is C=C[C@H](O)C1CCC1CN1C[C@@]2(CCCc3cc(Cl)ccc32)COc2ccc(C(=O)OC[C@H](C)c3ccccc3)cc21. The summed E-state index contributed by atoms with van der Waals surface area (Å²) in [6.45, 7) is 8.32. The van der Waals surface area contributed by atoms with Crippen molar-refractivity contribution in [3.63, 3.8) is 0 Å². The number of aliphatic hydroxyl groups is 1. The molecule has 42 heavy (non-hydrogen) atoms. The number of rotatable bonds is 8. The Bertz CT molecular complexity index is 1440. The number of carbonyl (C=O) groups excluding carboxylic acids is 1. The van der Waals surface area contributed by atoms with Gasteiger partial charge >= 0.3 is 5.97 Å². The number of nitrogens with zero attached hydrogens (tertiary/aromatic N) is 1. The summed E-state index contributed by atoms with van der Waals surface area (Å²) >= 11 is 6.40. The third kappa shape index (κ3) is 5.69. The number of esters is 1. The van der Waals surface area contributed by atoms with Crippen molar-refractivity contribution in [3.8, 4) is 5.75 Å². The summed E-state index contributed by atoms with van der Waals surface area (Å²) in [5, 5.41) is 11.4. The molecule has 2 unspecified atom stereocenters. The van der Waals surface area contributed by atoms with Gasteiger partial charge in [0.1, 0.15) is 5.75 Å². The van der Waals surface area contributed by atoms with E-state index in [9.17, 15) is 9.90 Å². The van der Waals surface area contributed by atoms with E-state index in [0.717, 1.165) is 67.2 Å². The van der Waals surface area contributed by atoms with Gasteiger partial charge in [0.05, 0.1) is 30.6 Å². The van der Waals surface area contributed by atoms with Crippen molar-refractivity contribution in [1.82, 2.24) is 0 Å². The maximum atomic E-state index is 13.3. The Morgan fingerprint density at radius 1 is 1.19 bits per heavy atom. The van der Waals surface area contributed by atoms with Crippen molar-refractivity contribution in [3.05, 3.63) is 107 Å². The maximum Gasteiger partial charge on any atom is 0.338 e. The Kier molecular flexibility index (Phi) is 8.33. The van der Waals surface area contributed by atoms with Gasteiger partial charge in [0, 0.05) is 29.4 Å². The Balaban J connectivity index is 1.29. The Labute approximate surface area is 254 Å². The number of hydrogen-bond acceptors (Lipinski definition) is 5. The molecule has 0 aromatic heterocycles. The average molecular weight is 586 g/mol. The van der Waals surface area contributed by atoms with E-state index in [1.54, 1.807) is 6.08 Å². The minimum atomic E-state index is -0.508. The highest BCUT2D eigenvalue weighted by Crippen LogP contribution is 2.46. The van der Waals surface area contributed by atoms with Crippen molar-refractivity contribution in [1.29, 1.82) is 0 Å². The number of hydrogen-bond donors (Lipinski definition) is 1. The number of benzene rings is 3. The number of ether oxygens (including phenoxy) is 2. The monoisotopic (exact) mass is 585 g/mol. The van der Waals surface area contributed by atoms with E-state index in [4.69, 9.17) is 21.1 Å². The summed E-state index contributed by atoms with van der Waals surface area (Å²) < 4.78 is 12.4. The molecule has 0 saturated heterocycles. The molecule has 1 aliphatic heterocycles. The van der Waals surface area contributed by atoms with Crippen LogP contribution in [0.3, 0.4) is 0 Å². The molecule has 0 bridgehead atoms. The zero-order valence-electron chi connectivity index (χ0n) is 24.3. The van der Waals surface area contributed by atoms with E-state index in [0.29, 0.717) is 24.7 Å². The van der Waals surface area contributed by atoms with Crippen LogP contribution < -0.4 is 9.64 Å². The Morgan fingerprint density at radius 3 is 2.79 bits per heavy atom. The Morgan fingerprint density at radius 2 is 2.02 bits per heavy atom. The van der Waals surface area contributed by atoms with Crippen LogP contribution in [0.1, 0.15) is 65.6 Å². The fourth-order valence-corrected chi connectivity index (χ4v) is 7.33. The van der Waals surface area contributed by atoms with Crippen LogP contribution in [0.5, 0.6) is 5.75 Å². The minimum Gasteiger partial charge on any atom is -0.490 e. The van der Waals surface area contributed by atoms with Gasteiger partial charge in [0.2, 0.25) is 0 Å². The van der Waals surface area contributed by atoms with E-state index < -0.39 is 6.10 Å². The molecule has 1 spiro atoms. The molecule has 1 fully saturated rings. The highest BCUT2D eigenvalue weighted by Gasteiger charge is 2.44. The van der Waals surface area contributed by atoms with Crippen LogP contribution in [0, 0.1) is 11.8 Å². The zero-order chi connectivity index (χ0) is 29.3. The summed E-state index contributed by atoms with van der Waals surface area (Å²) in [6, 6.07) is 22.0. The second-order valence-corrected chi connectivity index (χ2v) is 12.9. The van der Waals surface area contributed by atoms with E-state index in [1.807, 2.05) is 42.5 Å². The molecule has 1 saturated carbocycles. The van der Waals surface area contributed by atoms with Gasteiger partial charge in [-0.3, -0.25) is 0 Å². The van der Waals surface area contributed by atoms with Crippen LogP contribution in [0.15, 0.2) is 79.4 Å². The van der Waals surface area contributed by atoms with Gasteiger partial charge in [-0.05, 0) is 91.0 Å². The minimum absolute atomic E-state index is 0.0994. The quantitative estimate of drug-likeness (QED) is 0.221. The lowest BCUT2D eigenvalue weighted by atomic mass is 9.68. The highest BCUT2D eigenvalue weighted by atomic mass is 35.5. The molecular weight excluding hydrogens is 546 g/mol. The summed E-state index contributed by atoms with van der Waals surface area (Å²) in [7, 11) is 0. The number of anilines is 1. The molecule has 6 heteroatoms. The molecule has 220 valence electrons. The molecule has 1 N–H and O–H groups in total. The lowest BCUT2D eigenvalue weighted by Crippen LogP contribution is -2.49. The summed E-state index contributed by atoms with van der Waals surface area (Å²) in [5.41, 5.74) is 4.98. The predicted octanol–water partition coefficient (Wildman–Crippen LogP) is 7.35. The standard InChI is InChI=1S/C36H40ClNO4/c1-3-33(39)30-14-11-28(30)20-38-22-36(17-7-10-26-18-29(37)13-15-31(26)36)23-42-34-16-12-27(19-32(34)38)35(40)41-21-24(2)25-8-5-4-6-9-25/h3-6,8-9,12-13,15-16,18-19,24,28,30,33,39H,1,7,10-11,14,17,20-23H2,2H3/t24-,28?,30?,33-,36-/m0/s1. The van der Waals surface area contributed by atoms with Gasteiger partial charge in [-0.1, -0.05) is 61.0 Å². The molecule has 5 atom stereocenters. The van der Waals surface area contributed by atoms with Gasteiger partial charge in [-0.2, -0.15) is 0 Å². The molecule has 0 amide bonds. The summed E-state index contributed by atoms with van der Waals surface area (Å²) in [5.74, 6) is 1.07. The number of aryl methyl sites for hydroxylation is 1. The van der Waals surface area contributed by atoms with E-state index in [2.05, 4.69) is 42.7 Å². The van der Waals surface area contributed by atoms with Crippen molar-refractivity contribution in [2.45, 2.75) is 56.5 Å². The van der Waals surface area contributed by atoms with Crippen molar-refractivity contribution in [2.75, 3.05) is 31.2 Å². The van der Waals surface area contributed by atoms with Gasteiger partial charge in [-0.25, -0.2) is 4.79 Å². The predicted molar refractivity (Wildman–Crippen MR) is 168 cm³/mol. The molecule has 3 aliphatic rings. The van der Waals surface area contributed by atoms with Crippen molar-refractivity contribution >= 4 is 23.3 Å². The molecule has 0 radical (unpaired) electrons. The first-order valence-corrected chi connectivity index (χ1v) is 15.6. The van der Waals surface area contributed by atoms with Crippen LogP contribution in [-0.2, 0) is 16.6 Å².